The molecule has 9 heavy (non-hydrogen) atoms. The van der Waals surface area contributed by atoms with Gasteiger partial charge in [-0.05, 0) is 11.6 Å². The van der Waals surface area contributed by atoms with E-state index in [9.17, 15) is 9.18 Å². The van der Waals surface area contributed by atoms with Crippen LogP contribution in [0.3, 0.4) is 0 Å². The first-order valence-corrected chi connectivity index (χ1v) is 3.34. The quantitative estimate of drug-likeness (QED) is 0.459. The Labute approximate surface area is 62.1 Å². The maximum absolute atomic E-state index is 12.4. The molecule has 4 heteroatoms. The monoisotopic (exact) mass is 170 g/mol. The lowest BCUT2D eigenvalue weighted by atomic mass is 10.3. The first kappa shape index (κ1) is 7.29. The first-order chi connectivity index (χ1) is 4.02. The third kappa shape index (κ3) is 1.80. The number of alkyl halides is 2. The van der Waals surface area contributed by atoms with Gasteiger partial charge >= 0.3 is 0 Å². The van der Waals surface area contributed by atoms with Gasteiger partial charge in [-0.15, -0.1) is 0 Å². The average molecular weight is 171 g/mol. The molecule has 0 aromatic carbocycles. The van der Waals surface area contributed by atoms with Gasteiger partial charge in [0.15, 0.2) is 5.13 Å². The number of hydrogen-bond donors (Lipinski definition) is 0. The highest BCUT2D eigenvalue weighted by Gasteiger charge is 2.54. The molecule has 2 unspecified atom stereocenters. The van der Waals surface area contributed by atoms with Crippen LogP contribution in [0.1, 0.15) is 12.8 Å². The van der Waals surface area contributed by atoms with Crippen LogP contribution in [-0.2, 0) is 4.79 Å². The highest BCUT2D eigenvalue weighted by Crippen LogP contribution is 2.52. The van der Waals surface area contributed by atoms with E-state index in [1.54, 1.807) is 0 Å². The Morgan fingerprint density at radius 2 is 2.33 bits per heavy atom. The van der Waals surface area contributed by atoms with Crippen LogP contribution in [0.15, 0.2) is 0 Å². The van der Waals surface area contributed by atoms with Gasteiger partial charge in [0.1, 0.15) is 0 Å². The highest BCUT2D eigenvalue weighted by molar-refractivity contribution is 6.63. The summed E-state index contributed by atoms with van der Waals surface area (Å²) in [5, 5.41) is -2.15. The average Bonchev–Trinajstić information content (AvgIpc) is 2.10. The van der Waals surface area contributed by atoms with Crippen LogP contribution < -0.4 is 0 Å². The molecule has 0 amide bonds. The van der Waals surface area contributed by atoms with Crippen LogP contribution in [0.5, 0.6) is 0 Å². The molecular formula is C5H5Cl2FO. The molecule has 0 spiro atoms. The maximum Gasteiger partial charge on any atom is 0.222 e. The second kappa shape index (κ2) is 2.10. The molecule has 0 aromatic heterocycles. The number of carbonyl (C=O) groups is 1. The van der Waals surface area contributed by atoms with Crippen molar-refractivity contribution in [3.8, 4) is 0 Å². The minimum Gasteiger partial charge on any atom is -0.281 e. The highest BCUT2D eigenvalue weighted by atomic mass is 35.5. The molecular weight excluding hydrogens is 166 g/mol. The molecule has 0 heterocycles. The zero-order valence-electron chi connectivity index (χ0n) is 4.53. The molecule has 1 aliphatic rings. The third-order valence-electron chi connectivity index (χ3n) is 1.36. The molecule has 0 aliphatic heterocycles. The van der Waals surface area contributed by atoms with Crippen LogP contribution >= 0.6 is 23.2 Å². The predicted octanol–water partition coefficient (Wildman–Crippen LogP) is 2.07. The number of carbonyl (C=O) groups excluding carboxylic acids is 1. The van der Waals surface area contributed by atoms with E-state index in [1.807, 2.05) is 0 Å². The second-order valence-electron chi connectivity index (χ2n) is 2.22. The van der Waals surface area contributed by atoms with Gasteiger partial charge in [0.25, 0.3) is 0 Å². The molecule has 0 bridgehead atoms. The standard InChI is InChI=1S/C5H5Cl2FO/c6-4(9)1-3-2-5(3,7)8/h3H,1-2H2. The Morgan fingerprint density at radius 1 is 1.89 bits per heavy atom. The number of rotatable bonds is 2. The van der Waals surface area contributed by atoms with Crippen LogP contribution in [0.4, 0.5) is 4.39 Å². The predicted molar refractivity (Wildman–Crippen MR) is 33.3 cm³/mol. The van der Waals surface area contributed by atoms with Gasteiger partial charge in [0, 0.05) is 18.8 Å². The Hall–Kier alpha value is 0.180. The van der Waals surface area contributed by atoms with E-state index in [4.69, 9.17) is 23.2 Å². The largest absolute Gasteiger partial charge is 0.281 e. The van der Waals surface area contributed by atoms with E-state index in [0.717, 1.165) is 0 Å². The lowest BCUT2D eigenvalue weighted by Gasteiger charge is -1.90. The zero-order valence-corrected chi connectivity index (χ0v) is 6.05. The molecule has 0 N–H and O–H groups in total. The van der Waals surface area contributed by atoms with Gasteiger partial charge in [-0.3, -0.25) is 4.79 Å². The molecule has 1 rings (SSSR count). The van der Waals surface area contributed by atoms with Gasteiger partial charge < -0.3 is 0 Å². The third-order valence-corrected chi connectivity index (χ3v) is 1.98. The maximum atomic E-state index is 12.4. The summed E-state index contributed by atoms with van der Waals surface area (Å²) in [6.07, 6.45) is 0.314. The molecule has 52 valence electrons. The van der Waals surface area contributed by atoms with Crippen molar-refractivity contribution in [3.05, 3.63) is 0 Å². The smallest absolute Gasteiger partial charge is 0.222 e. The van der Waals surface area contributed by atoms with Crippen molar-refractivity contribution in [2.75, 3.05) is 0 Å². The van der Waals surface area contributed by atoms with Crippen molar-refractivity contribution in [1.82, 2.24) is 0 Å². The van der Waals surface area contributed by atoms with E-state index in [2.05, 4.69) is 0 Å². The van der Waals surface area contributed by atoms with Crippen LogP contribution in [-0.4, -0.2) is 10.4 Å². The molecule has 0 radical (unpaired) electrons. The Balaban J connectivity index is 2.28. The van der Waals surface area contributed by atoms with Gasteiger partial charge in [0.2, 0.25) is 5.24 Å². The summed E-state index contributed by atoms with van der Waals surface area (Å²) in [5.41, 5.74) is 0. The summed E-state index contributed by atoms with van der Waals surface area (Å²) in [6.45, 7) is 0. The summed E-state index contributed by atoms with van der Waals surface area (Å²) >= 11 is 10.1. The van der Waals surface area contributed by atoms with E-state index in [-0.39, 0.29) is 18.8 Å². The van der Waals surface area contributed by atoms with Gasteiger partial charge in [-0.1, -0.05) is 11.6 Å². The molecule has 2 atom stereocenters. The molecule has 1 aliphatic carbocycles. The van der Waals surface area contributed by atoms with Crippen molar-refractivity contribution < 1.29 is 9.18 Å². The van der Waals surface area contributed by atoms with Crippen molar-refractivity contribution in [2.45, 2.75) is 18.0 Å². The van der Waals surface area contributed by atoms with E-state index >= 15 is 0 Å². The molecule has 0 saturated heterocycles. The minimum atomic E-state index is -1.63. The molecule has 0 aromatic rings. The van der Waals surface area contributed by atoms with Crippen molar-refractivity contribution in [1.29, 1.82) is 0 Å². The van der Waals surface area contributed by atoms with E-state index in [0.29, 0.717) is 0 Å². The minimum absolute atomic E-state index is 0.0571. The molecule has 1 saturated carbocycles. The summed E-state index contributed by atoms with van der Waals surface area (Å²) in [5.74, 6) is -0.343. The zero-order chi connectivity index (χ0) is 7.07. The fourth-order valence-electron chi connectivity index (χ4n) is 0.685. The Morgan fingerprint density at radius 3 is 2.44 bits per heavy atom. The summed E-state index contributed by atoms with van der Waals surface area (Å²) in [7, 11) is 0. The van der Waals surface area contributed by atoms with Crippen molar-refractivity contribution >= 4 is 28.4 Å². The Bertz CT molecular complexity index is 146. The van der Waals surface area contributed by atoms with Gasteiger partial charge in [0.05, 0.1) is 0 Å². The number of hydrogen-bond acceptors (Lipinski definition) is 1. The first-order valence-electron chi connectivity index (χ1n) is 2.58. The Kier molecular flexibility index (Phi) is 1.70. The van der Waals surface area contributed by atoms with Crippen LogP contribution in [0.25, 0.3) is 0 Å². The van der Waals surface area contributed by atoms with Crippen molar-refractivity contribution in [2.24, 2.45) is 5.92 Å². The number of halogens is 3. The van der Waals surface area contributed by atoms with E-state index in [1.165, 1.54) is 0 Å². The SMILES string of the molecule is O=C(Cl)CC1CC1(F)Cl. The summed E-state index contributed by atoms with van der Waals surface area (Å²) in [6, 6.07) is 0. The van der Waals surface area contributed by atoms with Crippen LogP contribution in [0.2, 0.25) is 0 Å². The summed E-state index contributed by atoms with van der Waals surface area (Å²) in [4.78, 5) is 10.1. The lowest BCUT2D eigenvalue weighted by Crippen LogP contribution is -1.95. The molecule has 1 nitrogen and oxygen atoms in total. The van der Waals surface area contributed by atoms with Crippen molar-refractivity contribution in [3.63, 3.8) is 0 Å². The van der Waals surface area contributed by atoms with Crippen LogP contribution in [0, 0.1) is 5.92 Å². The lowest BCUT2D eigenvalue weighted by molar-refractivity contribution is -0.112. The topological polar surface area (TPSA) is 17.1 Å². The normalized spacial score (nSPS) is 40.6. The van der Waals surface area contributed by atoms with E-state index < -0.39 is 10.4 Å². The molecule has 1 fully saturated rings. The fourth-order valence-corrected chi connectivity index (χ4v) is 1.13. The summed E-state index contributed by atoms with van der Waals surface area (Å²) < 4.78 is 12.4. The van der Waals surface area contributed by atoms with Gasteiger partial charge in [-0.2, -0.15) is 0 Å². The fraction of sp³-hybridized carbons (Fsp3) is 0.800. The van der Waals surface area contributed by atoms with Gasteiger partial charge in [-0.25, -0.2) is 4.39 Å². The second-order valence-corrected chi connectivity index (χ2v) is 3.27.